The minimum absolute atomic E-state index is 0.0992. The van der Waals surface area contributed by atoms with E-state index in [1.807, 2.05) is 0 Å². The summed E-state index contributed by atoms with van der Waals surface area (Å²) in [6, 6.07) is -1.66. The Hall–Kier alpha value is -0.690. The van der Waals surface area contributed by atoms with Gasteiger partial charge in [-0.3, -0.25) is 10.1 Å². The van der Waals surface area contributed by atoms with Crippen LogP contribution in [0.4, 0.5) is 0 Å². The number of aliphatic hydroxyl groups excluding tert-OH is 2. The molecule has 0 aliphatic carbocycles. The number of nitrogens with two attached hydrogens (primary N) is 1. The summed E-state index contributed by atoms with van der Waals surface area (Å²) in [4.78, 5) is 10.4. The minimum atomic E-state index is -1.28. The first-order chi connectivity index (χ1) is 5.57. The second-order valence-corrected chi connectivity index (χ2v) is 2.81. The lowest BCUT2D eigenvalue weighted by Gasteiger charge is -2.12. The number of carboxylic acids is 1. The molecule has 1 rings (SSSR count). The molecule has 1 fully saturated rings. The molecule has 1 heterocycles. The van der Waals surface area contributed by atoms with E-state index in [0.717, 1.165) is 0 Å². The van der Waals surface area contributed by atoms with Crippen molar-refractivity contribution in [3.63, 3.8) is 0 Å². The first-order valence-corrected chi connectivity index (χ1v) is 3.63. The highest BCUT2D eigenvalue weighted by Crippen LogP contribution is 2.13. The Morgan fingerprint density at radius 3 is 2.25 bits per heavy atom. The molecule has 1 aliphatic rings. The van der Waals surface area contributed by atoms with Crippen LogP contribution in [0.2, 0.25) is 0 Å². The third-order valence-corrected chi connectivity index (χ3v) is 2.02. The van der Waals surface area contributed by atoms with Crippen molar-refractivity contribution in [1.82, 2.24) is 5.32 Å². The molecule has 1 saturated heterocycles. The summed E-state index contributed by atoms with van der Waals surface area (Å²) < 4.78 is 0. The zero-order valence-corrected chi connectivity index (χ0v) is 6.34. The van der Waals surface area contributed by atoms with Crippen LogP contribution < -0.4 is 11.1 Å². The molecule has 4 unspecified atom stereocenters. The number of nitrogens with one attached hydrogen (secondary N) is 1. The van der Waals surface area contributed by atoms with Crippen molar-refractivity contribution in [2.75, 3.05) is 6.54 Å². The second-order valence-electron chi connectivity index (χ2n) is 2.81. The van der Waals surface area contributed by atoms with Crippen LogP contribution in [-0.4, -0.2) is 52.1 Å². The van der Waals surface area contributed by atoms with E-state index >= 15 is 0 Å². The summed E-state index contributed by atoms with van der Waals surface area (Å²) in [6.45, 7) is 0.0992. The van der Waals surface area contributed by atoms with Gasteiger partial charge in [-0.25, -0.2) is 0 Å². The predicted octanol–water partition coefficient (Wildman–Crippen LogP) is -2.91. The molecule has 70 valence electrons. The number of hydrogen-bond acceptors (Lipinski definition) is 5. The molecule has 0 radical (unpaired) electrons. The van der Waals surface area contributed by atoms with Gasteiger partial charge in [-0.1, -0.05) is 0 Å². The Morgan fingerprint density at radius 2 is 2.00 bits per heavy atom. The van der Waals surface area contributed by atoms with Crippen molar-refractivity contribution in [3.05, 3.63) is 0 Å². The molecule has 6 heteroatoms. The lowest BCUT2D eigenvalue weighted by Crippen LogP contribution is -2.42. The lowest BCUT2D eigenvalue weighted by molar-refractivity contribution is -0.142. The lowest BCUT2D eigenvalue weighted by atomic mass is 10.1. The summed E-state index contributed by atoms with van der Waals surface area (Å²) in [5, 5.41) is 29.5. The largest absolute Gasteiger partial charge is 0.480 e. The standard InChI is InChI=1S/C6H12N2O4/c7-1-2-4(9)5(10)3(8-2)6(11)12/h2-5,8-10H,1,7H2,(H,11,12). The highest BCUT2D eigenvalue weighted by Gasteiger charge is 2.43. The first-order valence-electron chi connectivity index (χ1n) is 3.63. The molecule has 0 aromatic rings. The molecule has 6 nitrogen and oxygen atoms in total. The Morgan fingerprint density at radius 1 is 1.42 bits per heavy atom. The maximum Gasteiger partial charge on any atom is 0.323 e. The van der Waals surface area contributed by atoms with Crippen molar-refractivity contribution in [3.8, 4) is 0 Å². The number of aliphatic hydroxyl groups is 2. The van der Waals surface area contributed by atoms with Crippen LogP contribution in [0.25, 0.3) is 0 Å². The number of hydrogen-bond donors (Lipinski definition) is 5. The highest BCUT2D eigenvalue weighted by molar-refractivity contribution is 5.75. The van der Waals surface area contributed by atoms with Crippen LogP contribution in [0.3, 0.4) is 0 Å². The smallest absolute Gasteiger partial charge is 0.323 e. The highest BCUT2D eigenvalue weighted by atomic mass is 16.4. The van der Waals surface area contributed by atoms with Gasteiger partial charge in [0.2, 0.25) is 0 Å². The van der Waals surface area contributed by atoms with Crippen LogP contribution in [-0.2, 0) is 4.79 Å². The molecular weight excluding hydrogens is 164 g/mol. The second kappa shape index (κ2) is 3.36. The summed E-state index contributed by atoms with van der Waals surface area (Å²) in [5.74, 6) is -1.18. The monoisotopic (exact) mass is 176 g/mol. The van der Waals surface area contributed by atoms with E-state index in [0.29, 0.717) is 0 Å². The van der Waals surface area contributed by atoms with Gasteiger partial charge in [-0.05, 0) is 0 Å². The van der Waals surface area contributed by atoms with Crippen molar-refractivity contribution in [2.24, 2.45) is 5.73 Å². The fourth-order valence-corrected chi connectivity index (χ4v) is 1.29. The maximum atomic E-state index is 10.4. The molecule has 4 atom stereocenters. The number of carbonyl (C=O) groups is 1. The molecule has 12 heavy (non-hydrogen) atoms. The average molecular weight is 176 g/mol. The number of rotatable bonds is 2. The summed E-state index contributed by atoms with van der Waals surface area (Å²) >= 11 is 0. The van der Waals surface area contributed by atoms with E-state index in [2.05, 4.69) is 5.32 Å². The summed E-state index contributed by atoms with van der Waals surface area (Å²) in [7, 11) is 0. The zero-order valence-electron chi connectivity index (χ0n) is 6.34. The Labute approximate surface area is 69.0 Å². The van der Waals surface area contributed by atoms with Gasteiger partial charge in [0, 0.05) is 12.6 Å². The quantitative estimate of drug-likeness (QED) is 0.308. The van der Waals surface area contributed by atoms with Crippen LogP contribution in [0.5, 0.6) is 0 Å². The third-order valence-electron chi connectivity index (χ3n) is 2.02. The van der Waals surface area contributed by atoms with Crippen LogP contribution in [0.15, 0.2) is 0 Å². The van der Waals surface area contributed by atoms with Gasteiger partial charge in [-0.2, -0.15) is 0 Å². The average Bonchev–Trinajstić information content (AvgIpc) is 2.30. The van der Waals surface area contributed by atoms with Crippen LogP contribution in [0.1, 0.15) is 0 Å². The van der Waals surface area contributed by atoms with Gasteiger partial charge in [-0.15, -0.1) is 0 Å². The van der Waals surface area contributed by atoms with E-state index < -0.39 is 30.3 Å². The SMILES string of the molecule is NCC1NC(C(=O)O)C(O)C1O. The van der Waals surface area contributed by atoms with Crippen LogP contribution >= 0.6 is 0 Å². The van der Waals surface area contributed by atoms with Crippen LogP contribution in [0, 0.1) is 0 Å². The number of aliphatic carboxylic acids is 1. The van der Waals surface area contributed by atoms with Gasteiger partial charge >= 0.3 is 5.97 Å². The Kier molecular flexibility index (Phi) is 2.63. The van der Waals surface area contributed by atoms with Gasteiger partial charge in [0.15, 0.2) is 0 Å². The van der Waals surface area contributed by atoms with Gasteiger partial charge < -0.3 is 21.1 Å². The minimum Gasteiger partial charge on any atom is -0.480 e. The molecular formula is C6H12N2O4. The molecule has 6 N–H and O–H groups in total. The van der Waals surface area contributed by atoms with Gasteiger partial charge in [0.25, 0.3) is 0 Å². The molecule has 0 saturated carbocycles. The molecule has 0 amide bonds. The topological polar surface area (TPSA) is 116 Å². The van der Waals surface area contributed by atoms with Crippen molar-refractivity contribution in [2.45, 2.75) is 24.3 Å². The first kappa shape index (κ1) is 9.40. The Bertz CT molecular complexity index is 186. The van der Waals surface area contributed by atoms with E-state index in [1.54, 1.807) is 0 Å². The van der Waals surface area contributed by atoms with Gasteiger partial charge in [0.05, 0.1) is 6.10 Å². The molecule has 0 spiro atoms. The predicted molar refractivity (Wildman–Crippen MR) is 39.4 cm³/mol. The maximum absolute atomic E-state index is 10.4. The van der Waals surface area contributed by atoms with E-state index in [9.17, 15) is 15.0 Å². The van der Waals surface area contributed by atoms with E-state index in [1.165, 1.54) is 0 Å². The molecule has 0 bridgehead atoms. The number of carboxylic acid groups (broad SMARTS) is 1. The molecule has 1 aliphatic heterocycles. The molecule has 0 aromatic heterocycles. The van der Waals surface area contributed by atoms with E-state index in [-0.39, 0.29) is 6.54 Å². The normalized spacial score (nSPS) is 41.6. The third kappa shape index (κ3) is 1.42. The fourth-order valence-electron chi connectivity index (χ4n) is 1.29. The van der Waals surface area contributed by atoms with Crippen molar-refractivity contribution in [1.29, 1.82) is 0 Å². The fraction of sp³-hybridized carbons (Fsp3) is 0.833. The van der Waals surface area contributed by atoms with Gasteiger partial charge in [0.1, 0.15) is 12.1 Å². The zero-order chi connectivity index (χ0) is 9.30. The summed E-state index contributed by atoms with van der Waals surface area (Å²) in [5.41, 5.74) is 5.22. The molecule has 0 aromatic carbocycles. The summed E-state index contributed by atoms with van der Waals surface area (Å²) in [6.07, 6.45) is -2.38. The van der Waals surface area contributed by atoms with Crippen molar-refractivity contribution < 1.29 is 20.1 Å². The van der Waals surface area contributed by atoms with Crippen molar-refractivity contribution >= 4 is 5.97 Å². The van der Waals surface area contributed by atoms with E-state index in [4.69, 9.17) is 10.8 Å². The Balaban J connectivity index is 2.66.